The lowest BCUT2D eigenvalue weighted by atomic mass is 10.2. The number of nitrogens with zero attached hydrogens (tertiary/aromatic N) is 2. The molecule has 0 aliphatic rings. The van der Waals surface area contributed by atoms with Gasteiger partial charge in [0.05, 0.1) is 12.3 Å². The average Bonchev–Trinajstić information content (AvgIpc) is 2.36. The number of H-pyrrole nitrogens is 1. The highest BCUT2D eigenvalue weighted by molar-refractivity contribution is 14.1. The first kappa shape index (κ1) is 13.2. The van der Waals surface area contributed by atoms with E-state index in [-0.39, 0.29) is 5.56 Å². The Morgan fingerprint density at radius 3 is 2.83 bits per heavy atom. The summed E-state index contributed by atoms with van der Waals surface area (Å²) < 4.78 is 5.59. The molecule has 0 fully saturated rings. The number of methoxy groups -OCH3 is 1. The molecule has 2 aromatic rings. The standard InChI is InChI=1S/C12H12IN3O2/c1-7-3-4-8(5-14-7)11-15-9(6-18-2)10(13)12(17)16-11/h3-5H,6H2,1-2H3,(H,15,16,17). The second-order valence-electron chi connectivity index (χ2n) is 3.80. The van der Waals surface area contributed by atoms with Gasteiger partial charge in [-0.05, 0) is 41.6 Å². The van der Waals surface area contributed by atoms with E-state index in [2.05, 4.69) is 15.0 Å². The molecule has 0 bridgehead atoms. The van der Waals surface area contributed by atoms with Crippen LogP contribution in [0, 0.1) is 10.5 Å². The molecule has 94 valence electrons. The highest BCUT2D eigenvalue weighted by atomic mass is 127. The molecule has 0 aliphatic carbocycles. The van der Waals surface area contributed by atoms with Crippen LogP contribution in [0.2, 0.25) is 0 Å². The Hall–Kier alpha value is -1.28. The van der Waals surface area contributed by atoms with Crippen molar-refractivity contribution in [3.8, 4) is 11.4 Å². The second kappa shape index (κ2) is 5.57. The fraction of sp³-hybridized carbons (Fsp3) is 0.250. The summed E-state index contributed by atoms with van der Waals surface area (Å²) in [6.07, 6.45) is 1.69. The molecular weight excluding hydrogens is 345 g/mol. The second-order valence-corrected chi connectivity index (χ2v) is 4.88. The molecule has 0 unspecified atom stereocenters. The number of rotatable bonds is 3. The number of hydrogen-bond donors (Lipinski definition) is 1. The molecule has 2 rings (SSSR count). The minimum atomic E-state index is -0.159. The summed E-state index contributed by atoms with van der Waals surface area (Å²) in [7, 11) is 1.58. The highest BCUT2D eigenvalue weighted by Crippen LogP contribution is 2.15. The van der Waals surface area contributed by atoms with Crippen molar-refractivity contribution in [1.29, 1.82) is 0 Å². The zero-order chi connectivity index (χ0) is 13.1. The summed E-state index contributed by atoms with van der Waals surface area (Å²) in [6, 6.07) is 3.76. The topological polar surface area (TPSA) is 67.9 Å². The van der Waals surface area contributed by atoms with Gasteiger partial charge in [0.1, 0.15) is 9.39 Å². The zero-order valence-corrected chi connectivity index (χ0v) is 12.2. The van der Waals surface area contributed by atoms with Gasteiger partial charge in [-0.1, -0.05) is 0 Å². The van der Waals surface area contributed by atoms with E-state index in [0.29, 0.717) is 21.7 Å². The summed E-state index contributed by atoms with van der Waals surface area (Å²) in [6.45, 7) is 2.22. The Bertz CT molecular complexity index is 608. The van der Waals surface area contributed by atoms with Gasteiger partial charge in [0, 0.05) is 24.6 Å². The maximum atomic E-state index is 11.8. The van der Waals surface area contributed by atoms with E-state index in [4.69, 9.17) is 4.74 Å². The largest absolute Gasteiger partial charge is 0.378 e. The highest BCUT2D eigenvalue weighted by Gasteiger charge is 2.10. The Morgan fingerprint density at radius 2 is 2.22 bits per heavy atom. The van der Waals surface area contributed by atoms with Gasteiger partial charge in [-0.3, -0.25) is 9.78 Å². The third-order valence-corrected chi connectivity index (χ3v) is 3.51. The first-order chi connectivity index (χ1) is 8.61. The van der Waals surface area contributed by atoms with Gasteiger partial charge in [0.25, 0.3) is 5.56 Å². The van der Waals surface area contributed by atoms with Gasteiger partial charge in [0.15, 0.2) is 0 Å². The van der Waals surface area contributed by atoms with Crippen molar-refractivity contribution in [2.75, 3.05) is 7.11 Å². The molecule has 0 spiro atoms. The summed E-state index contributed by atoms with van der Waals surface area (Å²) >= 11 is 1.97. The van der Waals surface area contributed by atoms with Crippen LogP contribution in [0.15, 0.2) is 23.1 Å². The normalized spacial score (nSPS) is 10.6. The molecule has 2 aromatic heterocycles. The van der Waals surface area contributed by atoms with Crippen LogP contribution in [-0.4, -0.2) is 22.1 Å². The van der Waals surface area contributed by atoms with E-state index >= 15 is 0 Å². The number of ether oxygens (including phenoxy) is 1. The molecule has 1 N–H and O–H groups in total. The number of aromatic nitrogens is 3. The van der Waals surface area contributed by atoms with Gasteiger partial charge in [-0.25, -0.2) is 4.98 Å². The molecular formula is C12H12IN3O2. The number of aromatic amines is 1. The van der Waals surface area contributed by atoms with Crippen LogP contribution in [-0.2, 0) is 11.3 Å². The number of halogens is 1. The summed E-state index contributed by atoms with van der Waals surface area (Å²) in [5.74, 6) is 0.514. The third kappa shape index (κ3) is 2.75. The molecule has 2 heterocycles. The van der Waals surface area contributed by atoms with Gasteiger partial charge < -0.3 is 9.72 Å². The zero-order valence-electron chi connectivity index (χ0n) is 10.0. The Morgan fingerprint density at radius 1 is 1.44 bits per heavy atom. The molecule has 0 atom stereocenters. The molecule has 0 amide bonds. The number of hydrogen-bond acceptors (Lipinski definition) is 4. The van der Waals surface area contributed by atoms with Crippen LogP contribution >= 0.6 is 22.6 Å². The van der Waals surface area contributed by atoms with Crippen molar-refractivity contribution in [3.05, 3.63) is 43.6 Å². The molecule has 18 heavy (non-hydrogen) atoms. The lowest BCUT2D eigenvalue weighted by molar-refractivity contribution is 0.180. The van der Waals surface area contributed by atoms with Gasteiger partial charge in [0.2, 0.25) is 0 Å². The molecule has 5 nitrogen and oxygen atoms in total. The molecule has 0 saturated carbocycles. The Labute approximate surface area is 118 Å². The van der Waals surface area contributed by atoms with Crippen LogP contribution in [0.5, 0.6) is 0 Å². The lowest BCUT2D eigenvalue weighted by Gasteiger charge is -2.06. The first-order valence-electron chi connectivity index (χ1n) is 5.32. The van der Waals surface area contributed by atoms with Crippen LogP contribution < -0.4 is 5.56 Å². The summed E-state index contributed by atoms with van der Waals surface area (Å²) in [4.78, 5) is 23.1. The van der Waals surface area contributed by atoms with Gasteiger partial charge >= 0.3 is 0 Å². The fourth-order valence-corrected chi connectivity index (χ4v) is 1.89. The minimum Gasteiger partial charge on any atom is -0.378 e. The predicted octanol–water partition coefficient (Wildman–Crippen LogP) is 1.89. The van der Waals surface area contributed by atoms with Crippen molar-refractivity contribution < 1.29 is 4.74 Å². The minimum absolute atomic E-state index is 0.159. The van der Waals surface area contributed by atoms with E-state index in [1.54, 1.807) is 13.3 Å². The van der Waals surface area contributed by atoms with Crippen LogP contribution in [0.3, 0.4) is 0 Å². The number of pyridine rings is 1. The third-order valence-electron chi connectivity index (χ3n) is 2.40. The van der Waals surface area contributed by atoms with Gasteiger partial charge in [-0.2, -0.15) is 0 Å². The maximum Gasteiger partial charge on any atom is 0.264 e. The number of aryl methyl sites for hydroxylation is 1. The quantitative estimate of drug-likeness (QED) is 0.852. The van der Waals surface area contributed by atoms with Crippen molar-refractivity contribution in [1.82, 2.24) is 15.0 Å². The number of nitrogens with one attached hydrogen (secondary N) is 1. The smallest absolute Gasteiger partial charge is 0.264 e. The van der Waals surface area contributed by atoms with E-state index in [1.807, 2.05) is 41.6 Å². The van der Waals surface area contributed by atoms with Crippen molar-refractivity contribution in [3.63, 3.8) is 0 Å². The van der Waals surface area contributed by atoms with E-state index in [9.17, 15) is 4.79 Å². The molecule has 6 heteroatoms. The summed E-state index contributed by atoms with van der Waals surface area (Å²) in [5, 5.41) is 0. The van der Waals surface area contributed by atoms with Gasteiger partial charge in [-0.15, -0.1) is 0 Å². The molecule has 0 radical (unpaired) electrons. The maximum absolute atomic E-state index is 11.8. The van der Waals surface area contributed by atoms with E-state index in [0.717, 1.165) is 11.3 Å². The predicted molar refractivity (Wildman–Crippen MR) is 76.3 cm³/mol. The SMILES string of the molecule is COCc1nc(-c2ccc(C)nc2)[nH]c(=O)c1I. The van der Waals surface area contributed by atoms with E-state index < -0.39 is 0 Å². The van der Waals surface area contributed by atoms with Crippen LogP contribution in [0.25, 0.3) is 11.4 Å². The molecule has 0 aromatic carbocycles. The lowest BCUT2D eigenvalue weighted by Crippen LogP contribution is -2.16. The fourth-order valence-electron chi connectivity index (χ4n) is 1.48. The van der Waals surface area contributed by atoms with Crippen molar-refractivity contribution >= 4 is 22.6 Å². The van der Waals surface area contributed by atoms with Crippen LogP contribution in [0.1, 0.15) is 11.4 Å². The van der Waals surface area contributed by atoms with Crippen LogP contribution in [0.4, 0.5) is 0 Å². The Kier molecular flexibility index (Phi) is 4.07. The summed E-state index contributed by atoms with van der Waals surface area (Å²) in [5.41, 5.74) is 2.18. The monoisotopic (exact) mass is 357 g/mol. The van der Waals surface area contributed by atoms with Crippen molar-refractivity contribution in [2.45, 2.75) is 13.5 Å². The molecule has 0 aliphatic heterocycles. The Balaban J connectivity index is 2.51. The average molecular weight is 357 g/mol. The van der Waals surface area contributed by atoms with E-state index in [1.165, 1.54) is 0 Å². The van der Waals surface area contributed by atoms with Crippen molar-refractivity contribution in [2.24, 2.45) is 0 Å². The molecule has 0 saturated heterocycles. The first-order valence-corrected chi connectivity index (χ1v) is 6.40.